The van der Waals surface area contributed by atoms with Crippen molar-refractivity contribution in [3.8, 4) is 0 Å². The summed E-state index contributed by atoms with van der Waals surface area (Å²) >= 11 is 0. The summed E-state index contributed by atoms with van der Waals surface area (Å²) in [4.78, 5) is 0. The maximum absolute atomic E-state index is 2.40. The minimum atomic E-state index is 0.722. The molecule has 2 heterocycles. The molecule has 8 heavy (non-hydrogen) atoms. The van der Waals surface area contributed by atoms with Crippen LogP contribution >= 0.6 is 0 Å². The minimum absolute atomic E-state index is 0.722. The lowest BCUT2D eigenvalue weighted by Gasteiger charge is -2.35. The van der Waals surface area contributed by atoms with Crippen LogP contribution in [0.1, 0.15) is 13.8 Å². The molecule has 2 fully saturated rings. The molecule has 0 aliphatic carbocycles. The molecule has 2 aliphatic heterocycles. The number of hydrogen-bond donors (Lipinski definition) is 0. The number of fused-ring (bicyclic) bond motifs is 1. The molecule has 3 unspecified atom stereocenters. The molecule has 0 aromatic carbocycles. The number of rotatable bonds is 0. The summed E-state index contributed by atoms with van der Waals surface area (Å²) in [6.45, 7) is 7.64. The van der Waals surface area contributed by atoms with Crippen molar-refractivity contribution in [1.82, 2.24) is 0 Å². The Kier molecular flexibility index (Phi) is 0.516. The molecule has 0 bridgehead atoms. The average Bonchev–Trinajstić information content (AvgIpc) is 2.05. The Morgan fingerprint density at radius 1 is 1.62 bits per heavy atom. The van der Waals surface area contributed by atoms with Crippen LogP contribution in [0.2, 0.25) is 0 Å². The topological polar surface area (TPSA) is 0 Å². The van der Waals surface area contributed by atoms with Crippen molar-refractivity contribution in [3.63, 3.8) is 0 Å². The van der Waals surface area contributed by atoms with Crippen LogP contribution in [0.3, 0.4) is 0 Å². The zero-order valence-corrected chi connectivity index (χ0v) is 5.94. The van der Waals surface area contributed by atoms with Crippen molar-refractivity contribution in [3.05, 3.63) is 0 Å². The van der Waals surface area contributed by atoms with E-state index in [1.165, 1.54) is 17.6 Å². The zero-order chi connectivity index (χ0) is 5.99. The zero-order valence-electron chi connectivity index (χ0n) is 5.94. The molecule has 3 atom stereocenters. The highest BCUT2D eigenvalue weighted by atomic mass is 15.6. The number of likely N-dealkylation sites (N-methyl/N-ethyl adjacent to an activating group) is 1. The molecular formula is C7H14N+. The van der Waals surface area contributed by atoms with Gasteiger partial charge in [0.15, 0.2) is 5.54 Å². The van der Waals surface area contributed by atoms with E-state index < -0.39 is 0 Å². The molecule has 2 aliphatic rings. The number of hydrogen-bond acceptors (Lipinski definition) is 0. The molecule has 0 spiro atoms. The Bertz CT molecular complexity index is 139. The SMILES string of the molecule is CC1C[N+]2(C)CC12C. The second-order valence-electron chi connectivity index (χ2n) is 3.99. The van der Waals surface area contributed by atoms with Gasteiger partial charge in [0.25, 0.3) is 0 Å². The van der Waals surface area contributed by atoms with E-state index in [1.807, 2.05) is 0 Å². The quantitative estimate of drug-likeness (QED) is 0.322. The maximum atomic E-state index is 2.40. The van der Waals surface area contributed by atoms with Crippen LogP contribution in [0, 0.1) is 5.92 Å². The van der Waals surface area contributed by atoms with Gasteiger partial charge in [-0.05, 0) is 6.92 Å². The van der Waals surface area contributed by atoms with E-state index in [9.17, 15) is 0 Å². The van der Waals surface area contributed by atoms with E-state index in [1.54, 1.807) is 0 Å². The van der Waals surface area contributed by atoms with Crippen molar-refractivity contribution in [2.75, 3.05) is 20.1 Å². The van der Waals surface area contributed by atoms with Crippen molar-refractivity contribution in [2.24, 2.45) is 5.92 Å². The molecule has 46 valence electrons. The average molecular weight is 112 g/mol. The van der Waals surface area contributed by atoms with Crippen LogP contribution in [0.4, 0.5) is 0 Å². The number of quaternary nitrogens is 1. The Morgan fingerprint density at radius 3 is 2.25 bits per heavy atom. The standard InChI is InChI=1S/C7H14N/c1-6-4-8(3)5-7(6,8)2/h6H,4-5H2,1-3H3/q+1. The van der Waals surface area contributed by atoms with E-state index in [2.05, 4.69) is 20.9 Å². The lowest BCUT2D eigenvalue weighted by atomic mass is 9.89. The summed E-state index contributed by atoms with van der Waals surface area (Å²) in [5.74, 6) is 0.993. The van der Waals surface area contributed by atoms with Crippen LogP contribution in [0.15, 0.2) is 0 Å². The summed E-state index contributed by atoms with van der Waals surface area (Å²) in [6.07, 6.45) is 0. The van der Waals surface area contributed by atoms with Gasteiger partial charge in [0, 0.05) is 0 Å². The van der Waals surface area contributed by atoms with Crippen LogP contribution < -0.4 is 0 Å². The summed E-state index contributed by atoms with van der Waals surface area (Å²) in [5, 5.41) is 0. The molecule has 0 aromatic heterocycles. The highest BCUT2D eigenvalue weighted by molar-refractivity contribution is 5.02. The van der Waals surface area contributed by atoms with Crippen molar-refractivity contribution >= 4 is 0 Å². The fourth-order valence-electron chi connectivity index (χ4n) is 2.32. The molecule has 0 N–H and O–H groups in total. The van der Waals surface area contributed by atoms with Gasteiger partial charge in [-0.1, -0.05) is 6.92 Å². The molecule has 2 rings (SSSR count). The molecule has 0 aromatic rings. The summed E-state index contributed by atoms with van der Waals surface area (Å²) in [5.41, 5.74) is 0.722. The van der Waals surface area contributed by atoms with Gasteiger partial charge >= 0.3 is 0 Å². The second kappa shape index (κ2) is 0.860. The Hall–Kier alpha value is -0.0400. The van der Waals surface area contributed by atoms with Crippen molar-refractivity contribution in [2.45, 2.75) is 19.4 Å². The van der Waals surface area contributed by atoms with Gasteiger partial charge in [-0.3, -0.25) is 0 Å². The van der Waals surface area contributed by atoms with E-state index in [-0.39, 0.29) is 0 Å². The van der Waals surface area contributed by atoms with E-state index in [0.29, 0.717) is 0 Å². The molecule has 0 saturated carbocycles. The first-order valence-corrected chi connectivity index (χ1v) is 3.43. The lowest BCUT2D eigenvalue weighted by Crippen LogP contribution is -2.50. The third-order valence-corrected chi connectivity index (χ3v) is 3.54. The predicted molar refractivity (Wildman–Crippen MR) is 33.5 cm³/mol. The fourth-order valence-corrected chi connectivity index (χ4v) is 2.32. The first-order valence-electron chi connectivity index (χ1n) is 3.43. The molecular weight excluding hydrogens is 98.1 g/mol. The third-order valence-electron chi connectivity index (χ3n) is 3.54. The first-order chi connectivity index (χ1) is 3.58. The van der Waals surface area contributed by atoms with Gasteiger partial charge in [0.1, 0.15) is 6.54 Å². The Balaban J connectivity index is 2.23. The molecule has 0 radical (unpaired) electrons. The van der Waals surface area contributed by atoms with Crippen molar-refractivity contribution in [1.29, 1.82) is 0 Å². The van der Waals surface area contributed by atoms with Crippen molar-refractivity contribution < 1.29 is 4.48 Å². The van der Waals surface area contributed by atoms with Crippen LogP contribution in [0.25, 0.3) is 0 Å². The molecule has 1 heteroatoms. The van der Waals surface area contributed by atoms with E-state index >= 15 is 0 Å². The second-order valence-corrected chi connectivity index (χ2v) is 3.99. The van der Waals surface area contributed by atoms with E-state index in [4.69, 9.17) is 0 Å². The summed E-state index contributed by atoms with van der Waals surface area (Å²) in [6, 6.07) is 0. The van der Waals surface area contributed by atoms with Gasteiger partial charge in [-0.25, -0.2) is 0 Å². The van der Waals surface area contributed by atoms with Gasteiger partial charge in [-0.15, -0.1) is 0 Å². The molecule has 0 amide bonds. The van der Waals surface area contributed by atoms with Gasteiger partial charge in [0.2, 0.25) is 0 Å². The highest BCUT2D eigenvalue weighted by Crippen LogP contribution is 2.56. The van der Waals surface area contributed by atoms with Crippen LogP contribution in [-0.2, 0) is 0 Å². The first kappa shape index (κ1) is 4.80. The lowest BCUT2D eigenvalue weighted by molar-refractivity contribution is -0.856. The maximum Gasteiger partial charge on any atom is 0.154 e. The van der Waals surface area contributed by atoms with Crippen LogP contribution in [0.5, 0.6) is 0 Å². The predicted octanol–water partition coefficient (Wildman–Crippen LogP) is 0.855. The fraction of sp³-hybridized carbons (Fsp3) is 1.00. The molecule has 1 nitrogen and oxygen atoms in total. The normalized spacial score (nSPS) is 68.6. The summed E-state index contributed by atoms with van der Waals surface area (Å²) in [7, 11) is 2.36. The third kappa shape index (κ3) is 0.255. The monoisotopic (exact) mass is 112 g/mol. The van der Waals surface area contributed by atoms with Gasteiger partial charge in [-0.2, -0.15) is 0 Å². The number of nitrogens with zero attached hydrogens (tertiary/aromatic N) is 1. The van der Waals surface area contributed by atoms with Gasteiger partial charge < -0.3 is 4.48 Å². The Morgan fingerprint density at radius 2 is 2.25 bits per heavy atom. The summed E-state index contributed by atoms with van der Waals surface area (Å²) < 4.78 is 1.37. The largest absolute Gasteiger partial charge is 0.311 e. The Labute approximate surface area is 50.9 Å². The molecule has 2 saturated heterocycles. The smallest absolute Gasteiger partial charge is 0.154 e. The highest BCUT2D eigenvalue weighted by Gasteiger charge is 2.75. The van der Waals surface area contributed by atoms with Crippen LogP contribution in [-0.4, -0.2) is 30.2 Å². The minimum Gasteiger partial charge on any atom is -0.311 e. The van der Waals surface area contributed by atoms with Gasteiger partial charge in [0.05, 0.1) is 19.5 Å². The van der Waals surface area contributed by atoms with E-state index in [0.717, 1.165) is 11.5 Å².